The summed E-state index contributed by atoms with van der Waals surface area (Å²) in [5.74, 6) is -0.211. The third kappa shape index (κ3) is 7.70. The molecule has 0 aliphatic heterocycles. The van der Waals surface area contributed by atoms with Crippen LogP contribution in [0.2, 0.25) is 0 Å². The molecule has 1 fully saturated rings. The first-order valence-electron chi connectivity index (χ1n) is 14.6. The van der Waals surface area contributed by atoms with Gasteiger partial charge in [-0.1, -0.05) is 80.3 Å². The summed E-state index contributed by atoms with van der Waals surface area (Å²) in [4.78, 5) is 29.5. The minimum absolute atomic E-state index is 0.0629. The molecule has 1 saturated carbocycles. The predicted octanol–water partition coefficient (Wildman–Crippen LogP) is 5.46. The Morgan fingerprint density at radius 2 is 1.67 bits per heavy atom. The van der Waals surface area contributed by atoms with E-state index < -0.39 is 28.5 Å². The number of amides is 2. The summed E-state index contributed by atoms with van der Waals surface area (Å²) < 4.78 is 34.4. The molecule has 0 heterocycles. The topological polar surface area (TPSA) is 96.0 Å². The van der Waals surface area contributed by atoms with Crippen molar-refractivity contribution in [3.05, 3.63) is 90.0 Å². The lowest BCUT2D eigenvalue weighted by Crippen LogP contribution is -2.54. The largest absolute Gasteiger partial charge is 0.497 e. The van der Waals surface area contributed by atoms with Gasteiger partial charge in [-0.2, -0.15) is 0 Å². The van der Waals surface area contributed by atoms with Crippen molar-refractivity contribution in [3.8, 4) is 5.75 Å². The molecule has 0 bridgehead atoms. The molecule has 3 aromatic rings. The number of nitrogens with zero attached hydrogens (tertiary/aromatic N) is 2. The third-order valence-corrected chi connectivity index (χ3v) is 9.51. The predicted molar refractivity (Wildman–Crippen MR) is 165 cm³/mol. The molecule has 42 heavy (non-hydrogen) atoms. The highest BCUT2D eigenvalue weighted by molar-refractivity contribution is 7.92. The maximum absolute atomic E-state index is 14.3. The van der Waals surface area contributed by atoms with Crippen LogP contribution >= 0.6 is 0 Å². The average molecular weight is 592 g/mol. The summed E-state index contributed by atoms with van der Waals surface area (Å²) in [6.45, 7) is 3.54. The SMILES string of the molecule is CC[C@H](C(=O)NC1CCCCC1)N(Cc1cccc(C)c1)C(=O)CN(c1cccc(OC)c1)S(=O)(=O)c1ccccc1. The third-order valence-electron chi connectivity index (χ3n) is 7.72. The molecular formula is C33H41N3O5S. The second-order valence-electron chi connectivity index (χ2n) is 10.8. The summed E-state index contributed by atoms with van der Waals surface area (Å²) in [5.41, 5.74) is 2.19. The van der Waals surface area contributed by atoms with Crippen LogP contribution in [0.4, 0.5) is 5.69 Å². The van der Waals surface area contributed by atoms with Crippen LogP contribution in [0.5, 0.6) is 5.75 Å². The van der Waals surface area contributed by atoms with Crippen LogP contribution in [0, 0.1) is 6.92 Å². The smallest absolute Gasteiger partial charge is 0.264 e. The zero-order valence-corrected chi connectivity index (χ0v) is 25.5. The van der Waals surface area contributed by atoms with E-state index in [1.165, 1.54) is 24.1 Å². The maximum atomic E-state index is 14.3. The molecule has 0 radical (unpaired) electrons. The second kappa shape index (κ2) is 14.4. The monoisotopic (exact) mass is 591 g/mol. The van der Waals surface area contributed by atoms with E-state index in [9.17, 15) is 18.0 Å². The second-order valence-corrected chi connectivity index (χ2v) is 12.7. The van der Waals surface area contributed by atoms with Gasteiger partial charge in [-0.05, 0) is 56.0 Å². The first kappa shape index (κ1) is 31.1. The number of carbonyl (C=O) groups is 2. The van der Waals surface area contributed by atoms with Crippen molar-refractivity contribution in [2.24, 2.45) is 0 Å². The van der Waals surface area contributed by atoms with E-state index in [0.717, 1.165) is 47.5 Å². The van der Waals surface area contributed by atoms with Crippen molar-refractivity contribution in [1.29, 1.82) is 0 Å². The molecule has 0 spiro atoms. The van der Waals surface area contributed by atoms with Gasteiger partial charge in [-0.25, -0.2) is 8.42 Å². The molecule has 0 unspecified atom stereocenters. The molecular weight excluding hydrogens is 550 g/mol. The normalized spacial score (nSPS) is 14.5. The molecule has 1 aliphatic carbocycles. The van der Waals surface area contributed by atoms with E-state index >= 15 is 0 Å². The molecule has 2 amide bonds. The minimum Gasteiger partial charge on any atom is -0.497 e. The van der Waals surface area contributed by atoms with Crippen LogP contribution in [0.3, 0.4) is 0 Å². The molecule has 4 rings (SSSR count). The quantitative estimate of drug-likeness (QED) is 0.302. The highest BCUT2D eigenvalue weighted by Crippen LogP contribution is 2.28. The van der Waals surface area contributed by atoms with Gasteiger partial charge >= 0.3 is 0 Å². The lowest BCUT2D eigenvalue weighted by molar-refractivity contribution is -0.140. The van der Waals surface area contributed by atoms with Gasteiger partial charge in [-0.3, -0.25) is 13.9 Å². The van der Waals surface area contributed by atoms with Crippen LogP contribution in [0.15, 0.2) is 83.8 Å². The first-order valence-corrected chi connectivity index (χ1v) is 16.0. The average Bonchev–Trinajstić information content (AvgIpc) is 3.00. The minimum atomic E-state index is -4.13. The number of rotatable bonds is 12. The Bertz CT molecular complexity index is 1460. The molecule has 3 aromatic carbocycles. The number of nitrogens with one attached hydrogen (secondary N) is 1. The number of ether oxygens (including phenoxy) is 1. The van der Waals surface area contributed by atoms with Crippen molar-refractivity contribution in [1.82, 2.24) is 10.2 Å². The van der Waals surface area contributed by atoms with E-state index in [-0.39, 0.29) is 23.4 Å². The molecule has 8 nitrogen and oxygen atoms in total. The molecule has 0 saturated heterocycles. The number of aryl methyl sites for hydroxylation is 1. The molecule has 224 valence electrons. The Labute approximate surface area is 249 Å². The van der Waals surface area contributed by atoms with E-state index in [1.54, 1.807) is 42.5 Å². The summed E-state index contributed by atoms with van der Waals surface area (Å²) in [7, 11) is -2.63. The van der Waals surface area contributed by atoms with Gasteiger partial charge in [0.05, 0.1) is 17.7 Å². The van der Waals surface area contributed by atoms with Crippen LogP contribution in [0.25, 0.3) is 0 Å². The van der Waals surface area contributed by atoms with Gasteiger partial charge in [0.15, 0.2) is 0 Å². The van der Waals surface area contributed by atoms with Crippen molar-refractivity contribution in [2.45, 2.75) is 75.9 Å². The fraction of sp³-hybridized carbons (Fsp3) is 0.394. The molecule has 9 heteroatoms. The Morgan fingerprint density at radius 3 is 2.33 bits per heavy atom. The van der Waals surface area contributed by atoms with Gasteiger partial charge in [0.25, 0.3) is 10.0 Å². The summed E-state index contributed by atoms with van der Waals surface area (Å²) in [6.07, 6.45) is 5.54. The fourth-order valence-electron chi connectivity index (χ4n) is 5.49. The van der Waals surface area contributed by atoms with Crippen LogP contribution < -0.4 is 14.4 Å². The Balaban J connectivity index is 1.71. The van der Waals surface area contributed by atoms with Gasteiger partial charge in [0, 0.05) is 18.7 Å². The van der Waals surface area contributed by atoms with Gasteiger partial charge < -0.3 is 15.0 Å². The van der Waals surface area contributed by atoms with Gasteiger partial charge in [0.1, 0.15) is 18.3 Å². The van der Waals surface area contributed by atoms with Crippen molar-refractivity contribution >= 4 is 27.5 Å². The highest BCUT2D eigenvalue weighted by Gasteiger charge is 2.34. The van der Waals surface area contributed by atoms with Crippen molar-refractivity contribution < 1.29 is 22.7 Å². The van der Waals surface area contributed by atoms with Gasteiger partial charge in [0.2, 0.25) is 11.8 Å². The molecule has 1 N–H and O–H groups in total. The highest BCUT2D eigenvalue weighted by atomic mass is 32.2. The maximum Gasteiger partial charge on any atom is 0.264 e. The Hall–Kier alpha value is -3.85. The number of sulfonamides is 1. The van der Waals surface area contributed by atoms with E-state index in [1.807, 2.05) is 38.1 Å². The van der Waals surface area contributed by atoms with E-state index in [4.69, 9.17) is 4.74 Å². The number of carbonyl (C=O) groups excluding carboxylic acids is 2. The van der Waals surface area contributed by atoms with E-state index in [0.29, 0.717) is 17.9 Å². The summed E-state index contributed by atoms with van der Waals surface area (Å²) >= 11 is 0. The fourth-order valence-corrected chi connectivity index (χ4v) is 6.91. The van der Waals surface area contributed by atoms with Crippen molar-refractivity contribution in [3.63, 3.8) is 0 Å². The number of methoxy groups -OCH3 is 1. The Kier molecular flexibility index (Phi) is 10.6. The lowest BCUT2D eigenvalue weighted by atomic mass is 9.95. The molecule has 1 aliphatic rings. The first-order chi connectivity index (χ1) is 20.2. The number of anilines is 1. The Morgan fingerprint density at radius 1 is 0.952 bits per heavy atom. The molecule has 1 atom stereocenters. The zero-order chi connectivity index (χ0) is 30.1. The number of hydrogen-bond donors (Lipinski definition) is 1. The van der Waals surface area contributed by atoms with Crippen LogP contribution in [-0.4, -0.2) is 50.9 Å². The van der Waals surface area contributed by atoms with Gasteiger partial charge in [-0.15, -0.1) is 0 Å². The number of benzene rings is 3. The van der Waals surface area contributed by atoms with Crippen LogP contribution in [0.1, 0.15) is 56.6 Å². The zero-order valence-electron chi connectivity index (χ0n) is 24.7. The molecule has 0 aromatic heterocycles. The lowest BCUT2D eigenvalue weighted by Gasteiger charge is -2.34. The summed E-state index contributed by atoms with van der Waals surface area (Å²) in [6, 6.07) is 21.8. The summed E-state index contributed by atoms with van der Waals surface area (Å²) in [5, 5.41) is 3.18. The van der Waals surface area contributed by atoms with Crippen molar-refractivity contribution in [2.75, 3.05) is 18.0 Å². The standard InChI is InChI=1S/C33H41N3O5S/c1-4-31(33(38)34-27-15-7-5-8-16-27)35(23-26-14-11-13-25(2)21-26)32(37)24-36(28-17-12-18-29(22-28)41-3)42(39,40)30-19-9-6-10-20-30/h6,9-14,17-22,27,31H,4-5,7-8,15-16,23-24H2,1-3H3,(H,34,38)/t31-/m1/s1. The number of hydrogen-bond acceptors (Lipinski definition) is 5. The van der Waals surface area contributed by atoms with Crippen LogP contribution in [-0.2, 0) is 26.2 Å². The van der Waals surface area contributed by atoms with E-state index in [2.05, 4.69) is 5.32 Å².